The van der Waals surface area contributed by atoms with Gasteiger partial charge in [-0.3, -0.25) is 0 Å². The second-order valence-electron chi connectivity index (χ2n) is 5.39. The van der Waals surface area contributed by atoms with Gasteiger partial charge in [0.25, 0.3) is 0 Å². The lowest BCUT2D eigenvalue weighted by molar-refractivity contribution is 0.598. The number of halogens is 1. The summed E-state index contributed by atoms with van der Waals surface area (Å²) >= 11 is 0. The first kappa shape index (κ1) is 20.1. The van der Waals surface area contributed by atoms with Crippen molar-refractivity contribution in [2.45, 2.75) is 38.5 Å². The quantitative estimate of drug-likeness (QED) is 0.712. The summed E-state index contributed by atoms with van der Waals surface area (Å²) in [7, 11) is -3.69. The summed E-state index contributed by atoms with van der Waals surface area (Å²) in [5, 5.41) is 5.12. The predicted molar refractivity (Wildman–Crippen MR) is 98.5 cm³/mol. The van der Waals surface area contributed by atoms with Gasteiger partial charge in [0.15, 0.2) is 0 Å². The van der Waals surface area contributed by atoms with E-state index in [1.54, 1.807) is 31.2 Å². The molecule has 2 N–H and O–H groups in total. The number of sulfonamides is 1. The first-order valence-electron chi connectivity index (χ1n) is 7.79. The molecule has 0 saturated carbocycles. The van der Waals surface area contributed by atoms with Crippen LogP contribution in [0.2, 0.25) is 0 Å². The van der Waals surface area contributed by atoms with E-state index in [9.17, 15) is 12.8 Å². The molecule has 0 saturated heterocycles. The third-order valence-corrected chi connectivity index (χ3v) is 4.36. The van der Waals surface area contributed by atoms with Crippen molar-refractivity contribution >= 4 is 15.6 Å². The Bertz CT molecular complexity index is 770. The molecule has 1 aromatic carbocycles. The predicted octanol–water partition coefficient (Wildman–Crippen LogP) is 4.89. The van der Waals surface area contributed by atoms with Crippen LogP contribution in [-0.2, 0) is 10.0 Å². The maximum absolute atomic E-state index is 13.3. The second-order valence-corrected chi connectivity index (χ2v) is 6.95. The van der Waals surface area contributed by atoms with Gasteiger partial charge in [0.05, 0.1) is 4.90 Å². The average molecular weight is 349 g/mol. The highest BCUT2D eigenvalue weighted by Crippen LogP contribution is 2.25. The molecule has 0 aliphatic rings. The maximum atomic E-state index is 13.3. The summed E-state index contributed by atoms with van der Waals surface area (Å²) in [6, 6.07) is 6.50. The Morgan fingerprint density at radius 2 is 1.83 bits per heavy atom. The van der Waals surface area contributed by atoms with Crippen LogP contribution in [0.25, 0.3) is 5.57 Å². The molecule has 5 heteroatoms. The number of allylic oxidation sites excluding steroid dienone is 8. The fourth-order valence-electron chi connectivity index (χ4n) is 2.26. The lowest BCUT2D eigenvalue weighted by atomic mass is 9.96. The van der Waals surface area contributed by atoms with Crippen molar-refractivity contribution in [1.29, 1.82) is 0 Å². The summed E-state index contributed by atoms with van der Waals surface area (Å²) < 4.78 is 36.0. The van der Waals surface area contributed by atoms with Crippen LogP contribution in [0.4, 0.5) is 4.39 Å². The molecule has 0 aliphatic heterocycles. The molecule has 1 aromatic rings. The molecule has 130 valence electrons. The molecular weight excluding hydrogens is 325 g/mol. The molecule has 0 aliphatic carbocycles. The van der Waals surface area contributed by atoms with Gasteiger partial charge < -0.3 is 0 Å². The molecule has 3 nitrogen and oxygen atoms in total. The van der Waals surface area contributed by atoms with E-state index in [0.29, 0.717) is 0 Å². The largest absolute Gasteiger partial charge is 0.238 e. The summed E-state index contributed by atoms with van der Waals surface area (Å²) in [4.78, 5) is 0.0895. The zero-order chi connectivity index (χ0) is 18.2. The van der Waals surface area contributed by atoms with Gasteiger partial charge in [-0.25, -0.2) is 17.9 Å². The van der Waals surface area contributed by atoms with Gasteiger partial charge >= 0.3 is 0 Å². The summed E-state index contributed by atoms with van der Waals surface area (Å²) in [6.07, 6.45) is 9.73. The van der Waals surface area contributed by atoms with Crippen molar-refractivity contribution < 1.29 is 12.8 Å². The van der Waals surface area contributed by atoms with Gasteiger partial charge in [-0.1, -0.05) is 43.7 Å². The van der Waals surface area contributed by atoms with Crippen molar-refractivity contribution in [3.8, 4) is 0 Å². The summed E-state index contributed by atoms with van der Waals surface area (Å²) in [6.45, 7) is 5.78. The molecule has 0 atom stereocenters. The number of rotatable bonds is 7. The summed E-state index contributed by atoms with van der Waals surface area (Å²) in [5.74, 6) is -0.309. The monoisotopic (exact) mass is 349 g/mol. The third kappa shape index (κ3) is 6.26. The van der Waals surface area contributed by atoms with E-state index >= 15 is 0 Å². The highest BCUT2D eigenvalue weighted by Gasteiger charge is 2.09. The maximum Gasteiger partial charge on any atom is 0.238 e. The van der Waals surface area contributed by atoms with E-state index in [-0.39, 0.29) is 10.7 Å². The number of benzene rings is 1. The highest BCUT2D eigenvalue weighted by atomic mass is 32.2. The standard InChI is InChI=1S/C19H24FNO2S/c1-4-7-17(20)10-6-9-15(3)19(8-5-2)16-11-13-18(14-12-16)24(21,22)23/h4,6-7,9-14H,5,8H2,1-3H3,(H2,21,22,23)/b7-4-,9-6+,17-10+,19-15-. The van der Waals surface area contributed by atoms with E-state index in [1.165, 1.54) is 24.3 Å². The van der Waals surface area contributed by atoms with E-state index in [1.807, 2.05) is 13.0 Å². The van der Waals surface area contributed by atoms with Gasteiger partial charge in [0, 0.05) is 0 Å². The molecule has 0 spiro atoms. The molecule has 0 radical (unpaired) electrons. The molecule has 0 fully saturated rings. The van der Waals surface area contributed by atoms with Crippen LogP contribution in [0.1, 0.15) is 39.2 Å². The Morgan fingerprint density at radius 1 is 1.21 bits per heavy atom. The lowest BCUT2D eigenvalue weighted by Gasteiger charge is -2.10. The number of hydrogen-bond donors (Lipinski definition) is 1. The Labute approximate surface area is 144 Å². The normalized spacial score (nSPS) is 14.5. The van der Waals surface area contributed by atoms with Crippen LogP contribution in [-0.4, -0.2) is 8.42 Å². The summed E-state index contributed by atoms with van der Waals surface area (Å²) in [5.41, 5.74) is 3.03. The van der Waals surface area contributed by atoms with Gasteiger partial charge in [0.1, 0.15) is 5.83 Å². The van der Waals surface area contributed by atoms with E-state index in [0.717, 1.165) is 29.6 Å². The van der Waals surface area contributed by atoms with Crippen LogP contribution in [0, 0.1) is 0 Å². The zero-order valence-electron chi connectivity index (χ0n) is 14.3. The number of hydrogen-bond acceptors (Lipinski definition) is 2. The van der Waals surface area contributed by atoms with Crippen molar-refractivity contribution in [3.05, 3.63) is 71.6 Å². The van der Waals surface area contributed by atoms with E-state index in [2.05, 4.69) is 6.92 Å². The van der Waals surface area contributed by atoms with Crippen LogP contribution >= 0.6 is 0 Å². The highest BCUT2D eigenvalue weighted by molar-refractivity contribution is 7.89. The van der Waals surface area contributed by atoms with E-state index < -0.39 is 10.0 Å². The van der Waals surface area contributed by atoms with Crippen molar-refractivity contribution in [3.63, 3.8) is 0 Å². The zero-order valence-corrected chi connectivity index (χ0v) is 15.1. The van der Waals surface area contributed by atoms with Crippen molar-refractivity contribution in [1.82, 2.24) is 0 Å². The minimum Gasteiger partial charge on any atom is -0.225 e. The molecule has 0 aromatic heterocycles. The van der Waals surface area contributed by atoms with Gasteiger partial charge in [-0.15, -0.1) is 0 Å². The topological polar surface area (TPSA) is 60.2 Å². The molecule has 24 heavy (non-hydrogen) atoms. The van der Waals surface area contributed by atoms with E-state index in [4.69, 9.17) is 5.14 Å². The Morgan fingerprint density at radius 3 is 2.33 bits per heavy atom. The van der Waals surface area contributed by atoms with Crippen LogP contribution in [0.5, 0.6) is 0 Å². The van der Waals surface area contributed by atoms with Gasteiger partial charge in [0.2, 0.25) is 10.0 Å². The molecule has 1 rings (SSSR count). The third-order valence-electron chi connectivity index (χ3n) is 3.43. The Balaban J connectivity index is 3.16. The van der Waals surface area contributed by atoms with Crippen LogP contribution < -0.4 is 5.14 Å². The fourth-order valence-corrected chi connectivity index (χ4v) is 2.78. The van der Waals surface area contributed by atoms with Crippen LogP contribution in [0.15, 0.2) is 70.9 Å². The lowest BCUT2D eigenvalue weighted by Crippen LogP contribution is -2.11. The molecule has 0 amide bonds. The minimum atomic E-state index is -3.69. The smallest absolute Gasteiger partial charge is 0.225 e. The minimum absolute atomic E-state index is 0.0895. The first-order chi connectivity index (χ1) is 11.3. The average Bonchev–Trinajstić information content (AvgIpc) is 2.52. The first-order valence-corrected chi connectivity index (χ1v) is 9.33. The fraction of sp³-hybridized carbons (Fsp3) is 0.263. The van der Waals surface area contributed by atoms with Gasteiger partial charge in [-0.2, -0.15) is 0 Å². The molecule has 0 bridgehead atoms. The number of primary sulfonamides is 1. The second kappa shape index (κ2) is 9.35. The molecule has 0 unspecified atom stereocenters. The van der Waals surface area contributed by atoms with Crippen molar-refractivity contribution in [2.75, 3.05) is 0 Å². The Kier molecular flexibility index (Phi) is 7.82. The number of nitrogens with two attached hydrogens (primary N) is 1. The van der Waals surface area contributed by atoms with Crippen molar-refractivity contribution in [2.24, 2.45) is 5.14 Å². The molecule has 0 heterocycles. The SMILES string of the molecule is C\C=C/C(F)=C\C=C\C(C)=C(\CCC)c1ccc(S(N)(=O)=O)cc1. The molecular formula is C19H24FNO2S. The van der Waals surface area contributed by atoms with Gasteiger partial charge in [-0.05, 0) is 61.3 Å². The van der Waals surface area contributed by atoms with Crippen LogP contribution in [0.3, 0.4) is 0 Å². The Hall–Kier alpha value is -1.98.